The van der Waals surface area contributed by atoms with Gasteiger partial charge in [0.1, 0.15) is 0 Å². The highest BCUT2D eigenvalue weighted by atomic mass is 79.9. The van der Waals surface area contributed by atoms with Crippen molar-refractivity contribution in [3.8, 4) is 0 Å². The number of halogens is 1. The molecule has 0 nitrogen and oxygen atoms in total. The molecule has 1 radical (unpaired) electrons. The molecule has 1 saturated carbocycles. The van der Waals surface area contributed by atoms with Gasteiger partial charge in [-0.05, 0) is 48.3 Å². The number of hydrogen-bond donors (Lipinski definition) is 0. The molecule has 1 aliphatic rings. The molecule has 1 aliphatic carbocycles. The van der Waals surface area contributed by atoms with E-state index in [9.17, 15) is 0 Å². The average molecular weight is 266 g/mol. The van der Waals surface area contributed by atoms with Gasteiger partial charge in [-0.15, -0.1) is 0 Å². The number of hydrogen-bond acceptors (Lipinski definition) is 0. The lowest BCUT2D eigenvalue weighted by molar-refractivity contribution is 0.306. The SMILES string of the molecule is CC1(C)[CH][C@H](c2ccc(Br)cc2)CCC1. The topological polar surface area (TPSA) is 0 Å². The highest BCUT2D eigenvalue weighted by Gasteiger charge is 2.28. The molecule has 0 heterocycles. The van der Waals surface area contributed by atoms with Crippen molar-refractivity contribution in [3.05, 3.63) is 40.7 Å². The van der Waals surface area contributed by atoms with Crippen molar-refractivity contribution in [1.82, 2.24) is 0 Å². The third-order valence-electron chi connectivity index (χ3n) is 3.29. The Bertz CT molecular complexity index is 324. The predicted octanol–water partition coefficient (Wildman–Crippen LogP) is 4.95. The van der Waals surface area contributed by atoms with Gasteiger partial charge in [-0.3, -0.25) is 0 Å². The predicted molar refractivity (Wildman–Crippen MR) is 68.8 cm³/mol. The molecular formula is C14H18Br. The van der Waals surface area contributed by atoms with Crippen LogP contribution < -0.4 is 0 Å². The quantitative estimate of drug-likeness (QED) is 0.674. The van der Waals surface area contributed by atoms with E-state index in [4.69, 9.17) is 0 Å². The summed E-state index contributed by atoms with van der Waals surface area (Å²) >= 11 is 3.48. The molecule has 2 rings (SSSR count). The third-order valence-corrected chi connectivity index (χ3v) is 3.82. The summed E-state index contributed by atoms with van der Waals surface area (Å²) < 4.78 is 1.17. The van der Waals surface area contributed by atoms with Crippen LogP contribution in [0.3, 0.4) is 0 Å². The highest BCUT2D eigenvalue weighted by Crippen LogP contribution is 2.42. The Labute approximate surface area is 101 Å². The van der Waals surface area contributed by atoms with E-state index in [0.717, 1.165) is 0 Å². The first-order valence-electron chi connectivity index (χ1n) is 5.68. The first-order chi connectivity index (χ1) is 7.07. The fourth-order valence-electron chi connectivity index (χ4n) is 2.46. The van der Waals surface area contributed by atoms with Crippen LogP contribution in [0.4, 0.5) is 0 Å². The third kappa shape index (κ3) is 2.84. The van der Waals surface area contributed by atoms with E-state index in [1.54, 1.807) is 0 Å². The van der Waals surface area contributed by atoms with Gasteiger partial charge < -0.3 is 0 Å². The molecule has 1 aromatic carbocycles. The van der Waals surface area contributed by atoms with E-state index in [-0.39, 0.29) is 0 Å². The van der Waals surface area contributed by atoms with Crippen LogP contribution in [0.25, 0.3) is 0 Å². The lowest BCUT2D eigenvalue weighted by atomic mass is 9.70. The Hall–Kier alpha value is -0.300. The minimum absolute atomic E-state index is 0.413. The van der Waals surface area contributed by atoms with Crippen molar-refractivity contribution in [2.45, 2.75) is 39.0 Å². The summed E-state index contributed by atoms with van der Waals surface area (Å²) in [5, 5.41) is 0. The molecule has 81 valence electrons. The minimum Gasteiger partial charge on any atom is -0.0596 e. The molecule has 0 aliphatic heterocycles. The van der Waals surface area contributed by atoms with E-state index < -0.39 is 0 Å². The summed E-state index contributed by atoms with van der Waals surface area (Å²) in [6.45, 7) is 4.69. The van der Waals surface area contributed by atoms with Gasteiger partial charge >= 0.3 is 0 Å². The first kappa shape index (κ1) is 11.2. The summed E-state index contributed by atoms with van der Waals surface area (Å²) in [6, 6.07) is 8.77. The van der Waals surface area contributed by atoms with Gasteiger partial charge in [-0.2, -0.15) is 0 Å². The van der Waals surface area contributed by atoms with Crippen molar-refractivity contribution in [1.29, 1.82) is 0 Å². The van der Waals surface area contributed by atoms with Crippen molar-refractivity contribution < 1.29 is 0 Å². The van der Waals surface area contributed by atoms with Crippen molar-refractivity contribution in [2.24, 2.45) is 5.41 Å². The van der Waals surface area contributed by atoms with Crippen molar-refractivity contribution in [2.75, 3.05) is 0 Å². The minimum atomic E-state index is 0.413. The van der Waals surface area contributed by atoms with E-state index in [0.29, 0.717) is 11.3 Å². The van der Waals surface area contributed by atoms with Crippen LogP contribution in [0.1, 0.15) is 44.6 Å². The average Bonchev–Trinajstić information content (AvgIpc) is 2.17. The van der Waals surface area contributed by atoms with E-state index in [2.05, 4.69) is 60.5 Å². The van der Waals surface area contributed by atoms with Crippen LogP contribution in [-0.4, -0.2) is 0 Å². The van der Waals surface area contributed by atoms with Gasteiger partial charge in [-0.1, -0.05) is 48.3 Å². The molecule has 1 fully saturated rings. The largest absolute Gasteiger partial charge is 0.0596 e. The van der Waals surface area contributed by atoms with Gasteiger partial charge in [-0.25, -0.2) is 0 Å². The van der Waals surface area contributed by atoms with E-state index in [1.807, 2.05) is 0 Å². The lowest BCUT2D eigenvalue weighted by Crippen LogP contribution is -2.22. The summed E-state index contributed by atoms with van der Waals surface area (Å²) in [4.78, 5) is 0. The summed E-state index contributed by atoms with van der Waals surface area (Å²) in [5.74, 6) is 0.654. The molecule has 1 aromatic rings. The van der Waals surface area contributed by atoms with Gasteiger partial charge in [0.05, 0.1) is 0 Å². The molecule has 1 heteroatoms. The summed E-state index contributed by atoms with van der Waals surface area (Å²) in [5.41, 5.74) is 1.88. The second-order valence-corrected chi connectivity index (χ2v) is 6.12. The van der Waals surface area contributed by atoms with Gasteiger partial charge in [0, 0.05) is 4.47 Å². The normalized spacial score (nSPS) is 25.1. The van der Waals surface area contributed by atoms with E-state index >= 15 is 0 Å². The Balaban J connectivity index is 2.13. The molecule has 0 spiro atoms. The lowest BCUT2D eigenvalue weighted by Gasteiger charge is -2.35. The number of benzene rings is 1. The van der Waals surface area contributed by atoms with Crippen molar-refractivity contribution >= 4 is 15.9 Å². The molecule has 0 amide bonds. The smallest absolute Gasteiger partial charge is 0.0175 e. The van der Waals surface area contributed by atoms with Crippen LogP contribution in [-0.2, 0) is 0 Å². The van der Waals surface area contributed by atoms with Crippen LogP contribution >= 0.6 is 15.9 Å². The Morgan fingerprint density at radius 1 is 1.20 bits per heavy atom. The maximum absolute atomic E-state index is 3.48. The number of rotatable bonds is 1. The molecule has 0 N–H and O–H groups in total. The Kier molecular flexibility index (Phi) is 3.20. The molecule has 0 unspecified atom stereocenters. The fourth-order valence-corrected chi connectivity index (χ4v) is 2.73. The van der Waals surface area contributed by atoms with E-state index in [1.165, 1.54) is 29.3 Å². The fraction of sp³-hybridized carbons (Fsp3) is 0.500. The van der Waals surface area contributed by atoms with Gasteiger partial charge in [0.15, 0.2) is 0 Å². The molecule has 0 aromatic heterocycles. The highest BCUT2D eigenvalue weighted by molar-refractivity contribution is 9.10. The van der Waals surface area contributed by atoms with Crippen LogP contribution in [0, 0.1) is 11.8 Å². The zero-order chi connectivity index (χ0) is 10.9. The van der Waals surface area contributed by atoms with Gasteiger partial charge in [0.25, 0.3) is 0 Å². The molecule has 15 heavy (non-hydrogen) atoms. The zero-order valence-electron chi connectivity index (χ0n) is 9.46. The Morgan fingerprint density at radius 3 is 2.47 bits per heavy atom. The second kappa shape index (κ2) is 4.29. The zero-order valence-corrected chi connectivity index (χ0v) is 11.0. The van der Waals surface area contributed by atoms with Crippen LogP contribution in [0.15, 0.2) is 28.7 Å². The Morgan fingerprint density at radius 2 is 1.87 bits per heavy atom. The summed E-state index contributed by atoms with van der Waals surface area (Å²) in [6.07, 6.45) is 6.52. The second-order valence-electron chi connectivity index (χ2n) is 5.21. The monoisotopic (exact) mass is 265 g/mol. The molecule has 0 saturated heterocycles. The first-order valence-corrected chi connectivity index (χ1v) is 6.48. The maximum atomic E-state index is 3.48. The molecule has 1 atom stereocenters. The summed E-state index contributed by atoms with van der Waals surface area (Å²) in [7, 11) is 0. The molecule has 0 bridgehead atoms. The maximum Gasteiger partial charge on any atom is 0.0175 e. The van der Waals surface area contributed by atoms with Crippen molar-refractivity contribution in [3.63, 3.8) is 0 Å². The molecular weight excluding hydrogens is 248 g/mol. The van der Waals surface area contributed by atoms with Crippen LogP contribution in [0.2, 0.25) is 0 Å². The van der Waals surface area contributed by atoms with Crippen LogP contribution in [0.5, 0.6) is 0 Å². The standard InChI is InChI=1S/C14H18Br/c1-14(2)9-3-4-12(10-14)11-5-7-13(15)8-6-11/h5-8,10,12H,3-4,9H2,1-2H3/t12-/m1/s1. The van der Waals surface area contributed by atoms with Gasteiger partial charge in [0.2, 0.25) is 0 Å².